The molecular formula is C67H83FN10O15S. The zero-order chi connectivity index (χ0) is 67.5. The van der Waals surface area contributed by atoms with E-state index in [1.165, 1.54) is 11.0 Å². The number of nitrogens with one attached hydrogen (secondary N) is 3. The lowest BCUT2D eigenvalue weighted by atomic mass is 9.81. The number of benzene rings is 2. The number of sulfone groups is 1. The van der Waals surface area contributed by atoms with Crippen LogP contribution in [0.25, 0.3) is 16.6 Å². The minimum absolute atomic E-state index is 0.00353. The van der Waals surface area contributed by atoms with Crippen molar-refractivity contribution in [3.63, 3.8) is 0 Å². The molecule has 2 aromatic carbocycles. The van der Waals surface area contributed by atoms with E-state index < -0.39 is 88.2 Å². The molecule has 1 saturated carbocycles. The zero-order valence-electron chi connectivity index (χ0n) is 54.2. The third-order valence-electron chi connectivity index (χ3n) is 19.1. The van der Waals surface area contributed by atoms with Crippen LogP contribution in [0, 0.1) is 36.4 Å². The van der Waals surface area contributed by atoms with E-state index in [2.05, 4.69) is 26.3 Å². The van der Waals surface area contributed by atoms with E-state index in [1.807, 2.05) is 24.9 Å². The van der Waals surface area contributed by atoms with Crippen molar-refractivity contribution in [3.8, 4) is 0 Å². The van der Waals surface area contributed by atoms with Crippen molar-refractivity contribution in [3.05, 3.63) is 104 Å². The summed E-state index contributed by atoms with van der Waals surface area (Å²) in [5.41, 5.74) is 3.98. The monoisotopic (exact) mass is 1320 g/mol. The van der Waals surface area contributed by atoms with Crippen LogP contribution in [0.3, 0.4) is 0 Å². The quantitative estimate of drug-likeness (QED) is 0.0249. The fourth-order valence-electron chi connectivity index (χ4n) is 13.5. The van der Waals surface area contributed by atoms with Gasteiger partial charge in [0.15, 0.2) is 11.4 Å². The van der Waals surface area contributed by atoms with Gasteiger partial charge in [0.1, 0.15) is 41.4 Å². The number of fused-ring (bicyclic) bond motifs is 4. The number of carbonyl (C=O) groups excluding carboxylic acids is 9. The van der Waals surface area contributed by atoms with Crippen LogP contribution in [-0.2, 0) is 101 Å². The van der Waals surface area contributed by atoms with Crippen LogP contribution in [0.5, 0.6) is 0 Å². The first kappa shape index (κ1) is 68.7. The molecule has 27 heteroatoms. The number of Topliss-reactive ketones (excluding diaryl/α,β-unsaturated/α-hetero) is 2. The van der Waals surface area contributed by atoms with Crippen molar-refractivity contribution in [2.45, 2.75) is 169 Å². The predicted molar refractivity (Wildman–Crippen MR) is 338 cm³/mol. The fraction of sp³-hybridized carbons (Fsp3) is 0.552. The van der Waals surface area contributed by atoms with Crippen LogP contribution in [-0.4, -0.2) is 164 Å². The normalized spacial score (nSPS) is 21.6. The molecule has 5 atom stereocenters. The number of nitrogens with zero attached hydrogens (tertiary/aromatic N) is 7. The number of hydrogen-bond acceptors (Lipinski definition) is 20. The van der Waals surface area contributed by atoms with Crippen LogP contribution in [0.1, 0.15) is 150 Å². The molecule has 6 heterocycles. The maximum atomic E-state index is 15.5. The van der Waals surface area contributed by atoms with Crippen LogP contribution in [0.4, 0.5) is 9.18 Å². The maximum Gasteiger partial charge on any atom is 0.411 e. The number of esters is 2. The van der Waals surface area contributed by atoms with Crippen molar-refractivity contribution in [1.82, 2.24) is 50.6 Å². The lowest BCUT2D eigenvalue weighted by molar-refractivity contribution is -0.172. The number of rotatable bonds is 28. The molecule has 5 amide bonds. The molecule has 4 N–H and O–H groups in total. The molecule has 0 radical (unpaired) electrons. The van der Waals surface area contributed by atoms with Crippen LogP contribution in [0.2, 0.25) is 0 Å². The minimum Gasteiger partial charge on any atom is -0.444 e. The highest BCUT2D eigenvalue weighted by atomic mass is 32.2. The molecule has 0 spiro atoms. The Labute approximate surface area is 544 Å². The maximum absolute atomic E-state index is 15.5. The summed E-state index contributed by atoms with van der Waals surface area (Å²) in [7, 11) is -3.57. The summed E-state index contributed by atoms with van der Waals surface area (Å²) >= 11 is 0. The van der Waals surface area contributed by atoms with Crippen molar-refractivity contribution in [1.29, 1.82) is 0 Å². The number of likely N-dealkylation sites (tertiary alicyclic amines) is 1. The zero-order valence-corrected chi connectivity index (χ0v) is 55.0. The SMILES string of the molecule is CC[C@@]1(O)C(=O)OC(=O)C2=C1C=C1c3nc4cc(F)c(C)c5c4c(c3CN1C2)[C@@H](NC(=O)COCN(CCS(C)(=O)=O)C(=O)OCc1ccc(CC(=O)[C@H](C)NC(=O)[C@@H](CC(=O)CCCn2cc(CNC3CCC(CN4C(=O)CC(C)C4=O)CC3)nn2)C(C)C)cc1)CC5. The summed E-state index contributed by atoms with van der Waals surface area (Å²) in [5, 5.41) is 30.0. The van der Waals surface area contributed by atoms with Crippen molar-refractivity contribution in [2.75, 3.05) is 45.0 Å². The standard InChI is InChI=1S/C67H83FN10O15S/c1-8-67(88)51-27-55-61-50(33-76(55)32-49(51)64(85)93-65(67)86)60-53(20-19-47-39(5)52(68)28-54(72-61)59(47)60)71-57(81)35-91-36-75(22-23-94(7,89)90)66(87)92-34-43-13-11-41(12-14-43)25-56(80)40(6)70-62(83)48(37(2)3)26-46(79)10-9-21-77-31-45(73-74-77)29-69-44-17-15-42(16-18-44)30-78-58(82)24-38(4)63(78)84/h11-14,27-28,31,37-38,40,42,44,48,53,69,88H,8-10,15-26,29-30,32-36H2,1-7H3,(H,70,83)(H,71,81)/t38?,40-,42?,44?,48-,53-,67-/m0/s1. The molecule has 4 aromatic rings. The number of halogens is 1. The van der Waals surface area contributed by atoms with E-state index in [9.17, 15) is 56.7 Å². The smallest absolute Gasteiger partial charge is 0.411 e. The van der Waals surface area contributed by atoms with Crippen molar-refractivity contribution < 1.29 is 75.3 Å². The number of cyclic esters (lactones) is 2. The van der Waals surface area contributed by atoms with Gasteiger partial charge in [0.25, 0.3) is 0 Å². The Kier molecular flexibility index (Phi) is 21.1. The van der Waals surface area contributed by atoms with E-state index in [-0.39, 0.29) is 98.3 Å². The average molecular weight is 1320 g/mol. The summed E-state index contributed by atoms with van der Waals surface area (Å²) in [6.07, 6.45) is 8.95. The van der Waals surface area contributed by atoms with E-state index in [0.29, 0.717) is 107 Å². The Balaban J connectivity index is 0.663. The van der Waals surface area contributed by atoms with E-state index in [0.717, 1.165) is 48.1 Å². The molecular weight excluding hydrogens is 1240 g/mol. The minimum atomic E-state index is -3.57. The molecule has 2 aliphatic carbocycles. The average Bonchev–Trinajstić information content (AvgIpc) is 1.47. The highest BCUT2D eigenvalue weighted by Gasteiger charge is 2.51. The van der Waals surface area contributed by atoms with Crippen LogP contribution < -0.4 is 16.0 Å². The van der Waals surface area contributed by atoms with Gasteiger partial charge in [-0.3, -0.25) is 43.2 Å². The van der Waals surface area contributed by atoms with Crippen molar-refractivity contribution >= 4 is 79.7 Å². The third kappa shape index (κ3) is 15.5. The molecule has 1 unspecified atom stereocenters. The summed E-state index contributed by atoms with van der Waals surface area (Å²) in [6.45, 7) is 10.5. The number of aromatic nitrogens is 4. The number of ketones is 2. The predicted octanol–water partition coefficient (Wildman–Crippen LogP) is 5.10. The third-order valence-corrected chi connectivity index (χ3v) is 20.1. The molecule has 4 aliphatic heterocycles. The van der Waals surface area contributed by atoms with Gasteiger partial charge in [-0.25, -0.2) is 32.2 Å². The van der Waals surface area contributed by atoms with Gasteiger partial charge in [0.2, 0.25) is 23.6 Å². The Bertz CT molecular complexity index is 3860. The van der Waals surface area contributed by atoms with E-state index >= 15 is 4.39 Å². The summed E-state index contributed by atoms with van der Waals surface area (Å²) in [4.78, 5) is 127. The summed E-state index contributed by atoms with van der Waals surface area (Å²) in [6, 6.07) is 6.81. The second-order valence-corrected chi connectivity index (χ2v) is 28.6. The van der Waals surface area contributed by atoms with E-state index in [4.69, 9.17) is 19.2 Å². The van der Waals surface area contributed by atoms with Gasteiger partial charge in [0.05, 0.1) is 52.6 Å². The number of carbonyl (C=O) groups is 9. The second-order valence-electron chi connectivity index (χ2n) is 26.4. The molecule has 0 bridgehead atoms. The first-order valence-electron chi connectivity index (χ1n) is 32.4. The number of imide groups is 1. The second kappa shape index (κ2) is 28.8. The Morgan fingerprint density at radius 3 is 2.41 bits per heavy atom. The molecule has 10 rings (SSSR count). The first-order chi connectivity index (χ1) is 44.7. The number of pyridine rings is 1. The number of aliphatic hydroxyl groups is 1. The van der Waals surface area contributed by atoms with Gasteiger partial charge in [-0.1, -0.05) is 57.2 Å². The molecule has 2 fully saturated rings. The molecule has 2 aromatic heterocycles. The Morgan fingerprint density at radius 2 is 1.72 bits per heavy atom. The lowest BCUT2D eigenvalue weighted by Crippen LogP contribution is -2.49. The van der Waals surface area contributed by atoms with Gasteiger partial charge < -0.3 is 40.2 Å². The number of aryl methyl sites for hydroxylation is 2. The number of hydrogen-bond donors (Lipinski definition) is 4. The van der Waals surface area contributed by atoms with Gasteiger partial charge in [-0.05, 0) is 111 Å². The largest absolute Gasteiger partial charge is 0.444 e. The van der Waals surface area contributed by atoms with Crippen molar-refractivity contribution in [2.24, 2.45) is 23.7 Å². The first-order valence-corrected chi connectivity index (χ1v) is 34.4. The van der Waals surface area contributed by atoms with Gasteiger partial charge >= 0.3 is 18.0 Å². The summed E-state index contributed by atoms with van der Waals surface area (Å²) in [5.74, 6) is -5.04. The van der Waals surface area contributed by atoms with Gasteiger partial charge in [-0.15, -0.1) is 5.10 Å². The Hall–Kier alpha value is -8.14. The fourth-order valence-corrected chi connectivity index (χ4v) is 14.0. The molecule has 94 heavy (non-hydrogen) atoms. The molecule has 504 valence electrons. The van der Waals surface area contributed by atoms with Gasteiger partial charge in [-0.2, -0.15) is 0 Å². The molecule has 25 nitrogen and oxygen atoms in total. The Morgan fingerprint density at radius 1 is 0.989 bits per heavy atom. The van der Waals surface area contributed by atoms with Crippen LogP contribution >= 0.6 is 0 Å². The van der Waals surface area contributed by atoms with E-state index in [1.54, 1.807) is 62.7 Å². The number of amides is 5. The molecule has 6 aliphatic rings. The van der Waals surface area contributed by atoms with Crippen LogP contribution in [0.15, 0.2) is 53.8 Å². The topological polar surface area (TPSA) is 325 Å². The summed E-state index contributed by atoms with van der Waals surface area (Å²) < 4.78 is 58.0. The molecule has 1 saturated heterocycles. The van der Waals surface area contributed by atoms with Gasteiger partial charge in [0, 0.05) is 111 Å². The lowest BCUT2D eigenvalue weighted by Gasteiger charge is -2.36. The number of ether oxygens (including phenoxy) is 3. The highest BCUT2D eigenvalue weighted by Crippen LogP contribution is 2.48. The highest BCUT2D eigenvalue weighted by molar-refractivity contribution is 7.90.